The summed E-state index contributed by atoms with van der Waals surface area (Å²) in [5.74, 6) is 0.804. The summed E-state index contributed by atoms with van der Waals surface area (Å²) in [5, 5.41) is 19.0. The van der Waals surface area contributed by atoms with Crippen molar-refractivity contribution in [2.24, 2.45) is 0 Å². The molecule has 1 aromatic heterocycles. The van der Waals surface area contributed by atoms with Crippen LogP contribution in [0.3, 0.4) is 0 Å². The largest absolute Gasteiger partial charge is 0.477 e. The lowest BCUT2D eigenvalue weighted by atomic mass is 10.1. The molecule has 0 N–H and O–H groups in total. The molecule has 0 radical (unpaired) electrons. The quantitative estimate of drug-likeness (QED) is 0.523. The molecule has 0 amide bonds. The molecule has 0 saturated carbocycles. The summed E-state index contributed by atoms with van der Waals surface area (Å²) >= 11 is 0. The van der Waals surface area contributed by atoms with E-state index in [9.17, 15) is 10.1 Å². The van der Waals surface area contributed by atoms with Gasteiger partial charge in [0.2, 0.25) is 5.89 Å². The van der Waals surface area contributed by atoms with Crippen LogP contribution in [0.15, 0.2) is 46.9 Å². The number of ether oxygens (including phenoxy) is 1. The molecule has 0 bridgehead atoms. The Morgan fingerprint density at radius 3 is 2.67 bits per heavy atom. The van der Waals surface area contributed by atoms with Gasteiger partial charge in [0.1, 0.15) is 0 Å². The van der Waals surface area contributed by atoms with Gasteiger partial charge in [0.05, 0.1) is 4.92 Å². The first kappa shape index (κ1) is 15.7. The van der Waals surface area contributed by atoms with Crippen LogP contribution in [0.25, 0.3) is 11.5 Å². The third kappa shape index (κ3) is 3.40. The maximum Gasteiger partial charge on any atom is 0.311 e. The third-order valence-electron chi connectivity index (χ3n) is 3.39. The molecule has 0 fully saturated rings. The van der Waals surface area contributed by atoms with E-state index in [1.165, 1.54) is 6.07 Å². The molecular formula is C17H15N3O4. The molecule has 7 heteroatoms. The summed E-state index contributed by atoms with van der Waals surface area (Å²) in [7, 11) is 0. The molecule has 0 spiro atoms. The first-order valence-corrected chi connectivity index (χ1v) is 7.30. The summed E-state index contributed by atoms with van der Waals surface area (Å²) in [6.07, 6.45) is 0. The number of hydrogen-bond donors (Lipinski definition) is 0. The van der Waals surface area contributed by atoms with Crippen LogP contribution in [0.2, 0.25) is 0 Å². The molecule has 0 unspecified atom stereocenters. The van der Waals surface area contributed by atoms with E-state index >= 15 is 0 Å². The van der Waals surface area contributed by atoms with Crippen LogP contribution in [-0.2, 0) is 6.61 Å². The number of hydrogen-bond acceptors (Lipinski definition) is 6. The van der Waals surface area contributed by atoms with E-state index in [1.54, 1.807) is 19.1 Å². The van der Waals surface area contributed by atoms with E-state index < -0.39 is 4.92 Å². The van der Waals surface area contributed by atoms with Crippen LogP contribution >= 0.6 is 0 Å². The van der Waals surface area contributed by atoms with Crippen LogP contribution < -0.4 is 4.74 Å². The van der Waals surface area contributed by atoms with Crippen molar-refractivity contribution >= 4 is 5.69 Å². The number of nitro benzene ring substituents is 1. The van der Waals surface area contributed by atoms with Gasteiger partial charge in [0, 0.05) is 11.6 Å². The van der Waals surface area contributed by atoms with Gasteiger partial charge in [-0.2, -0.15) is 0 Å². The van der Waals surface area contributed by atoms with Crippen molar-refractivity contribution in [2.45, 2.75) is 20.5 Å². The molecule has 24 heavy (non-hydrogen) atoms. The van der Waals surface area contributed by atoms with Crippen LogP contribution in [0.4, 0.5) is 5.69 Å². The zero-order chi connectivity index (χ0) is 17.1. The topological polar surface area (TPSA) is 91.3 Å². The molecular weight excluding hydrogens is 310 g/mol. The van der Waals surface area contributed by atoms with Gasteiger partial charge in [0.15, 0.2) is 12.4 Å². The number of nitro groups is 1. The second-order valence-electron chi connectivity index (χ2n) is 5.39. The van der Waals surface area contributed by atoms with E-state index in [2.05, 4.69) is 10.2 Å². The average Bonchev–Trinajstić information content (AvgIpc) is 3.02. The van der Waals surface area contributed by atoms with Crippen molar-refractivity contribution in [3.8, 4) is 17.2 Å². The lowest BCUT2D eigenvalue weighted by Crippen LogP contribution is -1.99. The summed E-state index contributed by atoms with van der Waals surface area (Å²) in [6, 6.07) is 12.4. The first-order chi connectivity index (χ1) is 11.5. The second-order valence-corrected chi connectivity index (χ2v) is 5.39. The summed E-state index contributed by atoms with van der Waals surface area (Å²) < 4.78 is 11.0. The minimum atomic E-state index is -0.478. The average molecular weight is 325 g/mol. The van der Waals surface area contributed by atoms with Crippen molar-refractivity contribution in [1.29, 1.82) is 0 Å². The summed E-state index contributed by atoms with van der Waals surface area (Å²) in [6.45, 7) is 3.71. The molecule has 3 aromatic rings. The fourth-order valence-electron chi connectivity index (χ4n) is 2.24. The van der Waals surface area contributed by atoms with Crippen molar-refractivity contribution in [1.82, 2.24) is 10.2 Å². The Kier molecular flexibility index (Phi) is 4.24. The lowest BCUT2D eigenvalue weighted by molar-refractivity contribution is -0.386. The predicted octanol–water partition coefficient (Wildman–Crippen LogP) is 3.84. The zero-order valence-corrected chi connectivity index (χ0v) is 13.2. The SMILES string of the molecule is Cc1cccc(-c2nnc(COc3ccc(C)cc3[N+](=O)[O-])o2)c1. The van der Waals surface area contributed by atoms with E-state index in [1.807, 2.05) is 31.2 Å². The molecule has 0 aliphatic carbocycles. The Bertz CT molecular complexity index is 889. The Morgan fingerprint density at radius 1 is 1.12 bits per heavy atom. The predicted molar refractivity (Wildman–Crippen MR) is 86.6 cm³/mol. The Morgan fingerprint density at radius 2 is 1.92 bits per heavy atom. The maximum atomic E-state index is 11.1. The minimum Gasteiger partial charge on any atom is -0.477 e. The molecule has 7 nitrogen and oxygen atoms in total. The molecule has 2 aromatic carbocycles. The lowest BCUT2D eigenvalue weighted by Gasteiger charge is -2.04. The van der Waals surface area contributed by atoms with Gasteiger partial charge in [-0.1, -0.05) is 23.8 Å². The Balaban J connectivity index is 1.76. The smallest absolute Gasteiger partial charge is 0.311 e. The monoisotopic (exact) mass is 325 g/mol. The highest BCUT2D eigenvalue weighted by Gasteiger charge is 2.16. The van der Waals surface area contributed by atoms with Crippen molar-refractivity contribution in [3.05, 3.63) is 69.6 Å². The van der Waals surface area contributed by atoms with Crippen LogP contribution in [0, 0.1) is 24.0 Å². The molecule has 1 heterocycles. The number of benzene rings is 2. The third-order valence-corrected chi connectivity index (χ3v) is 3.39. The van der Waals surface area contributed by atoms with Crippen molar-refractivity contribution in [3.63, 3.8) is 0 Å². The van der Waals surface area contributed by atoms with E-state index in [-0.39, 0.29) is 23.9 Å². The number of aromatic nitrogens is 2. The molecule has 0 saturated heterocycles. The molecule has 0 aliphatic heterocycles. The van der Waals surface area contributed by atoms with Crippen LogP contribution in [0.1, 0.15) is 17.0 Å². The van der Waals surface area contributed by atoms with E-state index in [4.69, 9.17) is 9.15 Å². The van der Waals surface area contributed by atoms with Gasteiger partial charge < -0.3 is 9.15 Å². The summed E-state index contributed by atoms with van der Waals surface area (Å²) in [5.41, 5.74) is 2.59. The molecule has 0 aliphatic rings. The van der Waals surface area contributed by atoms with E-state index in [0.29, 0.717) is 5.89 Å². The van der Waals surface area contributed by atoms with Gasteiger partial charge in [-0.3, -0.25) is 10.1 Å². The normalized spacial score (nSPS) is 10.6. The minimum absolute atomic E-state index is 0.0390. The summed E-state index contributed by atoms with van der Waals surface area (Å²) in [4.78, 5) is 10.6. The maximum absolute atomic E-state index is 11.1. The van der Waals surface area contributed by atoms with Crippen molar-refractivity contribution < 1.29 is 14.1 Å². The Labute approximate surface area is 138 Å². The van der Waals surface area contributed by atoms with Gasteiger partial charge >= 0.3 is 5.69 Å². The zero-order valence-electron chi connectivity index (χ0n) is 13.2. The van der Waals surface area contributed by atoms with Crippen LogP contribution in [-0.4, -0.2) is 15.1 Å². The van der Waals surface area contributed by atoms with Gasteiger partial charge in [-0.25, -0.2) is 0 Å². The second kappa shape index (κ2) is 6.49. The van der Waals surface area contributed by atoms with Gasteiger partial charge in [-0.15, -0.1) is 10.2 Å². The highest BCUT2D eigenvalue weighted by atomic mass is 16.6. The molecule has 0 atom stereocenters. The highest BCUT2D eigenvalue weighted by Crippen LogP contribution is 2.28. The first-order valence-electron chi connectivity index (χ1n) is 7.30. The van der Waals surface area contributed by atoms with E-state index in [0.717, 1.165) is 16.7 Å². The number of rotatable bonds is 5. The standard InChI is InChI=1S/C17H15N3O4/c1-11-4-3-5-13(8-11)17-19-18-16(24-17)10-23-15-7-6-12(2)9-14(15)20(21)22/h3-9H,10H2,1-2H3. The highest BCUT2D eigenvalue weighted by molar-refractivity contribution is 5.53. The number of nitrogens with zero attached hydrogens (tertiary/aromatic N) is 3. The van der Waals surface area contributed by atoms with Gasteiger partial charge in [0.25, 0.3) is 5.89 Å². The fraction of sp³-hybridized carbons (Fsp3) is 0.176. The fourth-order valence-corrected chi connectivity index (χ4v) is 2.24. The Hall–Kier alpha value is -3.22. The molecule has 122 valence electrons. The van der Waals surface area contributed by atoms with Crippen molar-refractivity contribution in [2.75, 3.05) is 0 Å². The number of aryl methyl sites for hydroxylation is 2. The van der Waals surface area contributed by atoms with Crippen LogP contribution in [0.5, 0.6) is 5.75 Å². The van der Waals surface area contributed by atoms with Gasteiger partial charge in [-0.05, 0) is 37.6 Å². The molecule has 3 rings (SSSR count).